The first-order chi connectivity index (χ1) is 8.70. The molecule has 1 rings (SSSR count). The lowest BCUT2D eigenvalue weighted by Crippen LogP contribution is -2.42. The minimum absolute atomic E-state index is 0.0529. The number of amides is 1. The molecule has 0 saturated carbocycles. The van der Waals surface area contributed by atoms with Gasteiger partial charge in [0.25, 0.3) is 0 Å². The lowest BCUT2D eigenvalue weighted by molar-refractivity contribution is -0.125. The van der Waals surface area contributed by atoms with Crippen LogP contribution in [0.2, 0.25) is 0 Å². The average molecular weight is 285 g/mol. The number of anilines is 1. The molecule has 0 aliphatic heterocycles. The second-order valence-electron chi connectivity index (χ2n) is 4.82. The molecule has 0 aliphatic carbocycles. The molecule has 19 heavy (non-hydrogen) atoms. The molecule has 0 saturated heterocycles. The van der Waals surface area contributed by atoms with Crippen molar-refractivity contribution in [2.24, 2.45) is 11.1 Å². The van der Waals surface area contributed by atoms with Crippen LogP contribution in [0, 0.1) is 5.41 Å². The SMILES string of the molecule is CNc1ccccc1S(=O)(=O)NCC(C)(C)C(N)=O. The van der Waals surface area contributed by atoms with Gasteiger partial charge in [-0.25, -0.2) is 13.1 Å². The largest absolute Gasteiger partial charge is 0.387 e. The Hall–Kier alpha value is -1.60. The molecule has 0 aliphatic rings. The maximum absolute atomic E-state index is 12.2. The zero-order valence-electron chi connectivity index (χ0n) is 11.2. The summed E-state index contributed by atoms with van der Waals surface area (Å²) in [5.41, 5.74) is 4.76. The molecule has 0 fully saturated rings. The highest BCUT2D eigenvalue weighted by atomic mass is 32.2. The highest BCUT2D eigenvalue weighted by Gasteiger charge is 2.28. The van der Waals surface area contributed by atoms with Crippen molar-refractivity contribution >= 4 is 21.6 Å². The number of nitrogens with two attached hydrogens (primary N) is 1. The molecular formula is C12H19N3O3S. The molecule has 0 radical (unpaired) electrons. The number of nitrogens with one attached hydrogen (secondary N) is 2. The summed E-state index contributed by atoms with van der Waals surface area (Å²) in [6.07, 6.45) is 0. The summed E-state index contributed by atoms with van der Waals surface area (Å²) in [6.45, 7) is 3.12. The number of carbonyl (C=O) groups excluding carboxylic acids is 1. The molecular weight excluding hydrogens is 266 g/mol. The fourth-order valence-electron chi connectivity index (χ4n) is 1.35. The van der Waals surface area contributed by atoms with Crippen LogP contribution in [0.25, 0.3) is 0 Å². The van der Waals surface area contributed by atoms with E-state index in [1.807, 2.05) is 0 Å². The van der Waals surface area contributed by atoms with E-state index < -0.39 is 21.3 Å². The first kappa shape index (κ1) is 15.5. The Labute approximate surface area is 113 Å². The van der Waals surface area contributed by atoms with E-state index in [4.69, 9.17) is 5.73 Å². The normalized spacial score (nSPS) is 12.2. The van der Waals surface area contributed by atoms with Gasteiger partial charge in [-0.05, 0) is 26.0 Å². The predicted octanol–water partition coefficient (Wildman–Crippen LogP) is 0.518. The van der Waals surface area contributed by atoms with Gasteiger partial charge in [0, 0.05) is 13.6 Å². The Kier molecular flexibility index (Phi) is 4.54. The van der Waals surface area contributed by atoms with Gasteiger partial charge in [-0.3, -0.25) is 4.79 Å². The van der Waals surface area contributed by atoms with Crippen LogP contribution in [0.15, 0.2) is 29.2 Å². The van der Waals surface area contributed by atoms with Gasteiger partial charge in [-0.1, -0.05) is 12.1 Å². The second-order valence-corrected chi connectivity index (χ2v) is 6.55. The molecule has 6 nitrogen and oxygen atoms in total. The predicted molar refractivity (Wildman–Crippen MR) is 74.2 cm³/mol. The quantitative estimate of drug-likeness (QED) is 0.709. The zero-order chi connectivity index (χ0) is 14.7. The van der Waals surface area contributed by atoms with Gasteiger partial charge in [-0.15, -0.1) is 0 Å². The summed E-state index contributed by atoms with van der Waals surface area (Å²) in [5, 5.41) is 2.81. The fraction of sp³-hybridized carbons (Fsp3) is 0.417. The molecule has 106 valence electrons. The standard InChI is InChI=1S/C12H19N3O3S/c1-12(2,11(13)16)8-15-19(17,18)10-7-5-4-6-9(10)14-3/h4-7,14-15H,8H2,1-3H3,(H2,13,16). The fourth-order valence-corrected chi connectivity index (χ4v) is 2.77. The van der Waals surface area contributed by atoms with Gasteiger partial charge in [0.05, 0.1) is 11.1 Å². The number of rotatable bonds is 6. The summed E-state index contributed by atoms with van der Waals surface area (Å²) < 4.78 is 26.8. The molecule has 0 aromatic heterocycles. The number of sulfonamides is 1. The van der Waals surface area contributed by atoms with E-state index in [1.54, 1.807) is 39.1 Å². The topological polar surface area (TPSA) is 101 Å². The van der Waals surface area contributed by atoms with Crippen molar-refractivity contribution in [3.63, 3.8) is 0 Å². The van der Waals surface area contributed by atoms with Crippen LogP contribution in [-0.4, -0.2) is 27.9 Å². The number of primary amides is 1. The first-order valence-electron chi connectivity index (χ1n) is 5.77. The van der Waals surface area contributed by atoms with Crippen molar-refractivity contribution in [1.82, 2.24) is 4.72 Å². The monoisotopic (exact) mass is 285 g/mol. The Morgan fingerprint density at radius 2 is 1.89 bits per heavy atom. The number of benzene rings is 1. The molecule has 7 heteroatoms. The van der Waals surface area contributed by atoms with Gasteiger partial charge < -0.3 is 11.1 Å². The van der Waals surface area contributed by atoms with Gasteiger partial charge in [-0.2, -0.15) is 0 Å². The molecule has 0 atom stereocenters. The maximum atomic E-state index is 12.2. The summed E-state index contributed by atoms with van der Waals surface area (Å²) in [7, 11) is -2.05. The Balaban J connectivity index is 2.97. The van der Waals surface area contributed by atoms with Crippen molar-refractivity contribution in [2.75, 3.05) is 18.9 Å². The third kappa shape index (κ3) is 3.68. The van der Waals surface area contributed by atoms with Crippen molar-refractivity contribution in [3.8, 4) is 0 Å². The van der Waals surface area contributed by atoms with Crippen LogP contribution in [0.5, 0.6) is 0 Å². The van der Waals surface area contributed by atoms with E-state index in [-0.39, 0.29) is 11.4 Å². The lowest BCUT2D eigenvalue weighted by atomic mass is 9.93. The van der Waals surface area contributed by atoms with Gasteiger partial charge in [0.2, 0.25) is 15.9 Å². The van der Waals surface area contributed by atoms with Crippen LogP contribution >= 0.6 is 0 Å². The smallest absolute Gasteiger partial charge is 0.242 e. The van der Waals surface area contributed by atoms with E-state index in [0.29, 0.717) is 5.69 Å². The minimum Gasteiger partial charge on any atom is -0.387 e. The van der Waals surface area contributed by atoms with E-state index in [1.165, 1.54) is 6.07 Å². The number of para-hydroxylation sites is 1. The van der Waals surface area contributed by atoms with Crippen molar-refractivity contribution in [3.05, 3.63) is 24.3 Å². The Bertz CT molecular complexity index is 567. The summed E-state index contributed by atoms with van der Waals surface area (Å²) in [6, 6.07) is 6.52. The summed E-state index contributed by atoms with van der Waals surface area (Å²) in [5.74, 6) is -0.558. The van der Waals surface area contributed by atoms with Crippen LogP contribution in [0.4, 0.5) is 5.69 Å². The molecule has 0 bridgehead atoms. The molecule has 0 unspecified atom stereocenters. The molecule has 0 heterocycles. The highest BCUT2D eigenvalue weighted by molar-refractivity contribution is 7.89. The van der Waals surface area contributed by atoms with Crippen LogP contribution in [0.3, 0.4) is 0 Å². The second kappa shape index (κ2) is 5.58. The van der Waals surface area contributed by atoms with Gasteiger partial charge in [0.1, 0.15) is 4.90 Å². The Morgan fingerprint density at radius 3 is 2.42 bits per heavy atom. The third-order valence-electron chi connectivity index (χ3n) is 2.82. The molecule has 1 aromatic rings. The van der Waals surface area contributed by atoms with E-state index in [2.05, 4.69) is 10.0 Å². The summed E-state index contributed by atoms with van der Waals surface area (Å²) in [4.78, 5) is 11.3. The van der Waals surface area contributed by atoms with Crippen LogP contribution in [-0.2, 0) is 14.8 Å². The molecule has 4 N–H and O–H groups in total. The third-order valence-corrected chi connectivity index (χ3v) is 4.28. The Morgan fingerprint density at radius 1 is 1.32 bits per heavy atom. The number of hydrogen-bond donors (Lipinski definition) is 3. The molecule has 0 spiro atoms. The molecule has 1 aromatic carbocycles. The van der Waals surface area contributed by atoms with E-state index >= 15 is 0 Å². The van der Waals surface area contributed by atoms with Crippen molar-refractivity contribution < 1.29 is 13.2 Å². The summed E-state index contributed by atoms with van der Waals surface area (Å²) >= 11 is 0. The number of carbonyl (C=O) groups is 1. The van der Waals surface area contributed by atoms with Crippen molar-refractivity contribution in [2.45, 2.75) is 18.7 Å². The minimum atomic E-state index is -3.69. The first-order valence-corrected chi connectivity index (χ1v) is 7.25. The maximum Gasteiger partial charge on any atom is 0.242 e. The van der Waals surface area contributed by atoms with Crippen LogP contribution in [0.1, 0.15) is 13.8 Å². The molecule has 1 amide bonds. The van der Waals surface area contributed by atoms with Crippen LogP contribution < -0.4 is 15.8 Å². The zero-order valence-corrected chi connectivity index (χ0v) is 12.0. The van der Waals surface area contributed by atoms with E-state index in [9.17, 15) is 13.2 Å². The van der Waals surface area contributed by atoms with E-state index in [0.717, 1.165) is 0 Å². The average Bonchev–Trinajstić information content (AvgIpc) is 2.36. The van der Waals surface area contributed by atoms with Crippen molar-refractivity contribution in [1.29, 1.82) is 0 Å². The van der Waals surface area contributed by atoms with Gasteiger partial charge in [0.15, 0.2) is 0 Å². The number of hydrogen-bond acceptors (Lipinski definition) is 4. The highest BCUT2D eigenvalue weighted by Crippen LogP contribution is 2.21. The van der Waals surface area contributed by atoms with Gasteiger partial charge >= 0.3 is 0 Å². The lowest BCUT2D eigenvalue weighted by Gasteiger charge is -2.21.